The van der Waals surface area contributed by atoms with Crippen molar-refractivity contribution in [1.29, 1.82) is 0 Å². The predicted molar refractivity (Wildman–Crippen MR) is 167 cm³/mol. The Bertz CT molecular complexity index is 1910. The molecule has 0 saturated carbocycles. The van der Waals surface area contributed by atoms with E-state index in [-0.39, 0.29) is 11.3 Å². The van der Waals surface area contributed by atoms with Crippen molar-refractivity contribution in [2.75, 3.05) is 18.1 Å². The van der Waals surface area contributed by atoms with Crippen molar-refractivity contribution in [2.24, 2.45) is 0 Å². The molecule has 5 aromatic rings. The molecule has 1 atom stereocenters. The summed E-state index contributed by atoms with van der Waals surface area (Å²) in [4.78, 5) is 38.2. The molecule has 220 valence electrons. The van der Waals surface area contributed by atoms with Gasteiger partial charge in [0.2, 0.25) is 0 Å². The molecule has 1 N–H and O–H groups in total. The molecule has 9 nitrogen and oxygen atoms in total. The Hall–Kier alpha value is -4.41. The van der Waals surface area contributed by atoms with E-state index in [9.17, 15) is 14.7 Å². The van der Waals surface area contributed by atoms with Crippen molar-refractivity contribution < 1.29 is 24.2 Å². The number of aliphatic hydroxyl groups is 1. The smallest absolute Gasteiger partial charge is 0.301 e. The van der Waals surface area contributed by atoms with Crippen LogP contribution in [0.2, 0.25) is 5.02 Å². The Morgan fingerprint density at radius 3 is 2.67 bits per heavy atom. The molecule has 1 fully saturated rings. The minimum Gasteiger partial charge on any atom is -0.505 e. The van der Waals surface area contributed by atoms with Crippen LogP contribution in [-0.2, 0) is 9.59 Å². The van der Waals surface area contributed by atoms with Crippen LogP contribution >= 0.6 is 22.9 Å². The first kappa shape index (κ1) is 28.7. The molecule has 0 spiro atoms. The molecule has 1 saturated heterocycles. The number of nitrogens with zero attached hydrogens (tertiary/aromatic N) is 4. The number of Topliss-reactive ketones (excluding diaryl/α,β-unsaturated/α-hetero) is 1. The first-order chi connectivity index (χ1) is 20.8. The Kier molecular flexibility index (Phi) is 7.81. The second-order valence-electron chi connectivity index (χ2n) is 10.1. The van der Waals surface area contributed by atoms with Crippen molar-refractivity contribution in [3.8, 4) is 11.5 Å². The topological polar surface area (TPSA) is 106 Å². The van der Waals surface area contributed by atoms with Gasteiger partial charge in [-0.25, -0.2) is 9.97 Å². The Labute approximate surface area is 257 Å². The molecule has 0 bridgehead atoms. The number of pyridine rings is 1. The van der Waals surface area contributed by atoms with Crippen LogP contribution in [0, 0.1) is 6.92 Å². The van der Waals surface area contributed by atoms with Crippen molar-refractivity contribution in [2.45, 2.75) is 39.7 Å². The fraction of sp³-hybridized carbons (Fsp3) is 0.250. The summed E-state index contributed by atoms with van der Waals surface area (Å²) in [6.07, 6.45) is 3.61. The van der Waals surface area contributed by atoms with Crippen molar-refractivity contribution in [3.05, 3.63) is 88.3 Å². The highest BCUT2D eigenvalue weighted by Gasteiger charge is 2.49. The maximum Gasteiger partial charge on any atom is 0.301 e. The fourth-order valence-electron chi connectivity index (χ4n) is 5.27. The van der Waals surface area contributed by atoms with E-state index in [1.54, 1.807) is 66.1 Å². The van der Waals surface area contributed by atoms with Gasteiger partial charge in [0.25, 0.3) is 5.78 Å². The second-order valence-corrected chi connectivity index (χ2v) is 11.5. The first-order valence-electron chi connectivity index (χ1n) is 14.0. The number of ether oxygens (including phenoxy) is 2. The van der Waals surface area contributed by atoms with E-state index in [2.05, 4.69) is 16.9 Å². The maximum atomic E-state index is 13.8. The summed E-state index contributed by atoms with van der Waals surface area (Å²) in [5, 5.41) is 12.7. The van der Waals surface area contributed by atoms with Crippen LogP contribution in [0.3, 0.4) is 0 Å². The molecule has 6 rings (SSSR count). The van der Waals surface area contributed by atoms with Gasteiger partial charge in [-0.1, -0.05) is 48.4 Å². The number of thiazole rings is 1. The fourth-order valence-corrected chi connectivity index (χ4v) is 6.54. The number of hydrogen-bond donors (Lipinski definition) is 1. The number of aromatic nitrogens is 3. The zero-order valence-electron chi connectivity index (χ0n) is 23.8. The summed E-state index contributed by atoms with van der Waals surface area (Å²) < 4.78 is 14.4. The summed E-state index contributed by atoms with van der Waals surface area (Å²) in [6.45, 7) is 6.61. The van der Waals surface area contributed by atoms with Gasteiger partial charge in [0.05, 0.1) is 40.7 Å². The third-order valence-corrected chi connectivity index (χ3v) is 8.51. The molecule has 1 aliphatic rings. The highest BCUT2D eigenvalue weighted by atomic mass is 35.5. The van der Waals surface area contributed by atoms with Gasteiger partial charge >= 0.3 is 5.91 Å². The van der Waals surface area contributed by atoms with Gasteiger partial charge in [-0.2, -0.15) is 0 Å². The largest absolute Gasteiger partial charge is 0.505 e. The standard InChI is InChI=1S/C32H29ClN4O5S/c1-4-6-15-42-22-13-10-19(16-23(22)41-5-2)28-26(29(38)27-18(3)34-25-9-7-8-14-36(25)27)30(39)31(40)37(28)32-35-21-12-11-20(33)17-24(21)43-32/h7-14,16-17,28,38H,4-6,15H2,1-3H3. The van der Waals surface area contributed by atoms with Crippen LogP contribution < -0.4 is 14.4 Å². The van der Waals surface area contributed by atoms with Crippen molar-refractivity contribution >= 4 is 61.4 Å². The van der Waals surface area contributed by atoms with E-state index < -0.39 is 17.7 Å². The zero-order valence-corrected chi connectivity index (χ0v) is 25.4. The Morgan fingerprint density at radius 2 is 1.88 bits per heavy atom. The lowest BCUT2D eigenvalue weighted by Gasteiger charge is -2.24. The summed E-state index contributed by atoms with van der Waals surface area (Å²) >= 11 is 7.47. The van der Waals surface area contributed by atoms with Crippen LogP contribution in [0.25, 0.3) is 21.6 Å². The molecule has 1 unspecified atom stereocenters. The number of carbonyl (C=O) groups is 2. The lowest BCUT2D eigenvalue weighted by atomic mass is 9.96. The van der Waals surface area contributed by atoms with Crippen molar-refractivity contribution in [3.63, 3.8) is 0 Å². The lowest BCUT2D eigenvalue weighted by molar-refractivity contribution is -0.132. The number of hydrogen-bond acceptors (Lipinski definition) is 8. The molecule has 2 aromatic carbocycles. The Morgan fingerprint density at radius 1 is 1.05 bits per heavy atom. The summed E-state index contributed by atoms with van der Waals surface area (Å²) in [5.41, 5.74) is 2.56. The second kappa shape index (κ2) is 11.7. The van der Waals surface area contributed by atoms with Gasteiger partial charge in [0, 0.05) is 11.2 Å². The average Bonchev–Trinajstić information content (AvgIpc) is 3.64. The van der Waals surface area contributed by atoms with Crippen LogP contribution in [-0.4, -0.2) is 44.4 Å². The number of halogens is 1. The highest BCUT2D eigenvalue weighted by Crippen LogP contribution is 2.46. The number of benzene rings is 2. The van der Waals surface area contributed by atoms with Gasteiger partial charge in [0.15, 0.2) is 22.4 Å². The van der Waals surface area contributed by atoms with E-state index in [0.717, 1.165) is 17.5 Å². The first-order valence-corrected chi connectivity index (χ1v) is 15.2. The third-order valence-electron chi connectivity index (χ3n) is 7.26. The van der Waals surface area contributed by atoms with Crippen LogP contribution in [0.4, 0.5) is 5.13 Å². The molecule has 43 heavy (non-hydrogen) atoms. The summed E-state index contributed by atoms with van der Waals surface area (Å²) in [7, 11) is 0. The molecule has 11 heteroatoms. The van der Waals surface area contributed by atoms with Crippen LogP contribution in [0.5, 0.6) is 11.5 Å². The normalized spacial score (nSPS) is 16.5. The van der Waals surface area contributed by atoms with E-state index in [0.29, 0.717) is 63.0 Å². The van der Waals surface area contributed by atoms with E-state index >= 15 is 0 Å². The lowest BCUT2D eigenvalue weighted by Crippen LogP contribution is -2.29. The molecule has 1 aliphatic heterocycles. The number of rotatable bonds is 9. The number of imidazole rings is 1. The van der Waals surface area contributed by atoms with Crippen molar-refractivity contribution in [1.82, 2.24) is 14.4 Å². The van der Waals surface area contributed by atoms with E-state index in [1.807, 2.05) is 13.0 Å². The van der Waals surface area contributed by atoms with Crippen LogP contribution in [0.15, 0.2) is 66.4 Å². The summed E-state index contributed by atoms with van der Waals surface area (Å²) in [5.74, 6) is -0.921. The van der Waals surface area contributed by atoms with Gasteiger partial charge in [-0.15, -0.1) is 0 Å². The number of aliphatic hydroxyl groups excluding tert-OH is 1. The van der Waals surface area contributed by atoms with E-state index in [4.69, 9.17) is 21.1 Å². The number of unbranched alkanes of at least 4 members (excludes halogenated alkanes) is 1. The quantitative estimate of drug-likeness (QED) is 0.0814. The minimum atomic E-state index is -1.01. The number of ketones is 1. The molecular weight excluding hydrogens is 588 g/mol. The van der Waals surface area contributed by atoms with Gasteiger partial charge in [0.1, 0.15) is 11.3 Å². The molecule has 0 aliphatic carbocycles. The highest BCUT2D eigenvalue weighted by molar-refractivity contribution is 7.22. The van der Waals surface area contributed by atoms with Gasteiger partial charge < -0.3 is 14.6 Å². The molecule has 0 radical (unpaired) electrons. The van der Waals surface area contributed by atoms with Gasteiger partial charge in [-0.05, 0) is 68.3 Å². The number of carbonyl (C=O) groups excluding carboxylic acids is 2. The number of anilines is 1. The monoisotopic (exact) mass is 616 g/mol. The predicted octanol–water partition coefficient (Wildman–Crippen LogP) is 7.11. The number of aryl methyl sites for hydroxylation is 1. The number of fused-ring (bicyclic) bond motifs is 2. The molecular formula is C32H29ClN4O5S. The molecule has 3 aromatic heterocycles. The minimum absolute atomic E-state index is 0.0712. The number of amides is 1. The van der Waals surface area contributed by atoms with Gasteiger partial charge in [-0.3, -0.25) is 18.9 Å². The molecule has 4 heterocycles. The third kappa shape index (κ3) is 5.10. The maximum absolute atomic E-state index is 13.8. The molecule has 1 amide bonds. The zero-order chi connectivity index (χ0) is 30.2. The SMILES string of the molecule is CCCCOc1ccc(C2C(=C(O)c3c(C)nc4ccccn34)C(=O)C(=O)N2c2nc3ccc(Cl)cc3s2)cc1OCC. The Balaban J connectivity index is 1.57. The van der Waals surface area contributed by atoms with E-state index in [1.165, 1.54) is 16.2 Å². The average molecular weight is 617 g/mol. The van der Waals surface area contributed by atoms with Crippen LogP contribution in [0.1, 0.15) is 49.7 Å². The summed E-state index contributed by atoms with van der Waals surface area (Å²) in [6, 6.07) is 15.0.